The molecule has 0 amide bonds. The Bertz CT molecular complexity index is 220. The number of hydrogen-bond acceptors (Lipinski definition) is 2. The molecule has 0 fully saturated rings. The molecule has 0 saturated heterocycles. The van der Waals surface area contributed by atoms with Crippen molar-refractivity contribution in [2.24, 2.45) is 0 Å². The molecule has 0 atom stereocenters. The van der Waals surface area contributed by atoms with Crippen molar-refractivity contribution in [2.75, 3.05) is 0 Å². The SMILES string of the molecule is O=[C]=[Mo+2]=[C]=O.[N-]=[N+]=[N-].[N-]=[N+]=[N-]. The molecule has 0 rings (SSSR count). The third kappa shape index (κ3) is 1620. The van der Waals surface area contributed by atoms with E-state index in [2.05, 4.69) is 0 Å². The third-order valence-electron chi connectivity index (χ3n) is 0.0833. The van der Waals surface area contributed by atoms with E-state index in [9.17, 15) is 0 Å². The van der Waals surface area contributed by atoms with E-state index in [-0.39, 0.29) is 0 Å². The molecule has 0 aromatic heterocycles. The van der Waals surface area contributed by atoms with Gasteiger partial charge >= 0.3 is 35.8 Å². The van der Waals surface area contributed by atoms with Gasteiger partial charge < -0.3 is 22.1 Å². The number of carbonyl (C=O) groups excluding carboxylic acids is 2. The van der Waals surface area contributed by atoms with E-state index in [0.717, 1.165) is 0 Å². The molecule has 0 aliphatic heterocycles. The molecule has 9 heteroatoms. The molecule has 0 radical (unpaired) electrons. The van der Waals surface area contributed by atoms with Gasteiger partial charge in [-0.15, -0.1) is 0 Å². The van der Waals surface area contributed by atoms with E-state index >= 15 is 0 Å². The Hall–Kier alpha value is -1.53. The van der Waals surface area contributed by atoms with Crippen molar-refractivity contribution in [3.8, 4) is 0 Å². The monoisotopic (exact) mass is 238 g/mol. The molecule has 56 valence electrons. The first-order valence-electron chi connectivity index (χ1n) is 1.62. The summed E-state index contributed by atoms with van der Waals surface area (Å²) in [6.07, 6.45) is 0. The zero-order valence-electron chi connectivity index (χ0n) is 4.91. The first-order chi connectivity index (χ1) is 5.24. The summed E-state index contributed by atoms with van der Waals surface area (Å²) in [6.45, 7) is 0. The second-order valence-corrected chi connectivity index (χ2v) is 1.77. The molecule has 11 heavy (non-hydrogen) atoms. The first kappa shape index (κ1) is 16.2. The fourth-order valence-electron chi connectivity index (χ4n) is 0.0170. The van der Waals surface area contributed by atoms with Gasteiger partial charge in [0.2, 0.25) is 0 Å². The molecule has 0 spiro atoms. The van der Waals surface area contributed by atoms with Crippen LogP contribution >= 0.6 is 0 Å². The number of rotatable bonds is 0. The minimum Gasteiger partial charge on any atom is -0.373 e. The van der Waals surface area contributed by atoms with Crippen LogP contribution < -0.4 is 0 Å². The minimum absolute atomic E-state index is 1.12. The van der Waals surface area contributed by atoms with E-state index in [0.29, 0.717) is 0 Å². The van der Waals surface area contributed by atoms with Crippen molar-refractivity contribution < 1.29 is 27.2 Å². The normalized spacial score (nSPS) is 2.91. The van der Waals surface area contributed by atoms with Gasteiger partial charge in [-0.25, -0.2) is 0 Å². The summed E-state index contributed by atoms with van der Waals surface area (Å²) in [4.78, 5) is 21.2. The zero-order valence-corrected chi connectivity index (χ0v) is 6.92. The third-order valence-corrected chi connectivity index (χ3v) is 0.493. The predicted molar refractivity (Wildman–Crippen MR) is 31.5 cm³/mol. The van der Waals surface area contributed by atoms with Gasteiger partial charge in [-0.1, -0.05) is 0 Å². The molecule has 0 unspecified atom stereocenters. The molecular weight excluding hydrogens is 236 g/mol. The van der Waals surface area contributed by atoms with Crippen LogP contribution in [0.3, 0.4) is 0 Å². The fourth-order valence-corrected chi connectivity index (χ4v) is 0.101. The maximum absolute atomic E-state index is 9.08. The van der Waals surface area contributed by atoms with Crippen LogP contribution in [0.25, 0.3) is 31.9 Å². The minimum atomic E-state index is -1.12. The van der Waals surface area contributed by atoms with Gasteiger partial charge in [-0.3, -0.25) is 9.82 Å². The summed E-state index contributed by atoms with van der Waals surface area (Å²) in [5, 5.41) is 0. The summed E-state index contributed by atoms with van der Waals surface area (Å²) in [5.41, 5.74) is 27.0. The van der Waals surface area contributed by atoms with Crippen LogP contribution in [-0.2, 0) is 27.2 Å². The summed E-state index contributed by atoms with van der Waals surface area (Å²) >= 11 is -1.12. The van der Waals surface area contributed by atoms with Crippen LogP contribution in [0, 0.1) is 0 Å². The van der Waals surface area contributed by atoms with Gasteiger partial charge in [0, 0.05) is 0 Å². The van der Waals surface area contributed by atoms with Crippen molar-refractivity contribution in [3.63, 3.8) is 0 Å². The Kier molecular flexibility index (Phi) is 57.9. The Labute approximate surface area is 68.2 Å². The summed E-state index contributed by atoms with van der Waals surface area (Å²) < 4.78 is 2.95. The van der Waals surface area contributed by atoms with E-state index in [1.807, 2.05) is 0 Å². The van der Waals surface area contributed by atoms with Crippen LogP contribution in [0.15, 0.2) is 0 Å². The quantitative estimate of drug-likeness (QED) is 0.266. The molecule has 8 nitrogen and oxygen atoms in total. The molecule has 0 bridgehead atoms. The van der Waals surface area contributed by atoms with Crippen molar-refractivity contribution in [3.05, 3.63) is 31.9 Å². The van der Waals surface area contributed by atoms with Gasteiger partial charge in [-0.2, -0.15) is 0 Å². The van der Waals surface area contributed by atoms with Crippen molar-refractivity contribution >= 4 is 8.53 Å². The van der Waals surface area contributed by atoms with Crippen LogP contribution in [0.2, 0.25) is 0 Å². The largest absolute Gasteiger partial charge is 0.373 e. The van der Waals surface area contributed by atoms with Gasteiger partial charge in [0.15, 0.2) is 0 Å². The van der Waals surface area contributed by atoms with Gasteiger partial charge in [0.05, 0.1) is 0 Å². The molecule has 0 heterocycles. The Morgan fingerprint density at radius 3 is 1.09 bits per heavy atom. The molecule has 0 aliphatic rings. The molecule has 0 N–H and O–H groups in total. The first-order valence-corrected chi connectivity index (χ1v) is 3.62. The van der Waals surface area contributed by atoms with Crippen molar-refractivity contribution in [1.82, 2.24) is 0 Å². The van der Waals surface area contributed by atoms with Gasteiger partial charge in [0.25, 0.3) is 0 Å². The van der Waals surface area contributed by atoms with E-state index < -0.39 is 17.6 Å². The standard InChI is InChI=1S/2CO.Mo.2N3/c2*1-2;;2*1-3-2/q;;+2;2*-1. The topological polar surface area (TPSA) is 152 Å². The molecule has 0 aromatic carbocycles. The summed E-state index contributed by atoms with van der Waals surface area (Å²) in [6, 6.07) is 0. The second-order valence-electron chi connectivity index (χ2n) is 0.448. The number of nitrogens with zero attached hydrogens (tertiary/aromatic N) is 6. The van der Waals surface area contributed by atoms with E-state index in [1.54, 1.807) is 0 Å². The van der Waals surface area contributed by atoms with Crippen LogP contribution in [-0.4, -0.2) is 8.53 Å². The second kappa shape index (κ2) is 39.3. The smallest absolute Gasteiger partial charge is 0.255 e. The average Bonchev–Trinajstić information content (AvgIpc) is 1.92. The predicted octanol–water partition coefficient (Wildman–Crippen LogP) is 0.935. The average molecular weight is 236 g/mol. The molecule has 0 aromatic rings. The van der Waals surface area contributed by atoms with Crippen LogP contribution in [0.1, 0.15) is 0 Å². The van der Waals surface area contributed by atoms with Crippen LogP contribution in [0.4, 0.5) is 0 Å². The molecular formula is C2MoN6O2. The zero-order chi connectivity index (χ0) is 9.54. The van der Waals surface area contributed by atoms with E-state index in [4.69, 9.17) is 31.7 Å². The Balaban J connectivity index is -0.0000000933. The fraction of sp³-hybridized carbons (Fsp3) is 0. The summed E-state index contributed by atoms with van der Waals surface area (Å²) in [7, 11) is 0. The molecule has 0 aliphatic carbocycles. The van der Waals surface area contributed by atoms with Gasteiger partial charge in [-0.05, 0) is 0 Å². The molecule has 0 saturated carbocycles. The Morgan fingerprint density at radius 1 is 0.909 bits per heavy atom. The van der Waals surface area contributed by atoms with Crippen LogP contribution in [0.5, 0.6) is 0 Å². The van der Waals surface area contributed by atoms with Crippen molar-refractivity contribution in [1.29, 1.82) is 0 Å². The maximum atomic E-state index is 9.08. The van der Waals surface area contributed by atoms with E-state index in [1.165, 1.54) is 18.4 Å². The maximum Gasteiger partial charge on any atom is -0.255 e. The summed E-state index contributed by atoms with van der Waals surface area (Å²) in [5.74, 6) is 0. The number of hydrogen-bond donors (Lipinski definition) is 0. The van der Waals surface area contributed by atoms with Gasteiger partial charge in [0.1, 0.15) is 0 Å². The Morgan fingerprint density at radius 2 is 1.09 bits per heavy atom. The van der Waals surface area contributed by atoms with Crippen molar-refractivity contribution in [2.45, 2.75) is 0 Å².